The van der Waals surface area contributed by atoms with Crippen molar-refractivity contribution in [3.05, 3.63) is 83.4 Å². The highest BCUT2D eigenvalue weighted by molar-refractivity contribution is 5.92. The Balaban J connectivity index is 1.58. The first-order valence-electron chi connectivity index (χ1n) is 12.0. The molecule has 0 saturated carbocycles. The smallest absolute Gasteiger partial charge is 0.343 e. The van der Waals surface area contributed by atoms with Crippen LogP contribution in [0.2, 0.25) is 0 Å². The molecule has 3 rings (SSSR count). The second kappa shape index (κ2) is 13.0. The Morgan fingerprint density at radius 2 is 1.00 bits per heavy atom. The number of carbonyl (C=O) groups excluding carboxylic acids is 4. The van der Waals surface area contributed by atoms with Gasteiger partial charge in [-0.15, -0.1) is 0 Å². The van der Waals surface area contributed by atoms with Crippen molar-refractivity contribution >= 4 is 23.9 Å². The van der Waals surface area contributed by atoms with Crippen molar-refractivity contribution in [1.29, 1.82) is 0 Å². The quantitative estimate of drug-likeness (QED) is 0.250. The minimum absolute atomic E-state index is 0.277. The lowest BCUT2D eigenvalue weighted by Gasteiger charge is -2.10. The number of benzene rings is 3. The van der Waals surface area contributed by atoms with Gasteiger partial charge in [-0.25, -0.2) is 9.59 Å². The summed E-state index contributed by atoms with van der Waals surface area (Å²) in [6.45, 7) is 5.48. The minimum Gasteiger partial charge on any atom is -0.427 e. The summed E-state index contributed by atoms with van der Waals surface area (Å²) in [5.74, 6) is -0.554. The molecule has 0 saturated heterocycles. The van der Waals surface area contributed by atoms with Crippen LogP contribution in [0.5, 0.6) is 23.0 Å². The lowest BCUT2D eigenvalue weighted by molar-refractivity contribution is -0.135. The van der Waals surface area contributed by atoms with E-state index in [0.29, 0.717) is 48.5 Å². The van der Waals surface area contributed by atoms with Crippen molar-refractivity contribution in [2.75, 3.05) is 0 Å². The molecular formula is C29H28O8. The maximum absolute atomic E-state index is 12.5. The predicted octanol–water partition coefficient (Wildman–Crippen LogP) is 5.84. The molecule has 0 aliphatic heterocycles. The molecule has 0 fully saturated rings. The van der Waals surface area contributed by atoms with Gasteiger partial charge in [0.05, 0.1) is 11.1 Å². The van der Waals surface area contributed by atoms with Gasteiger partial charge in [0.25, 0.3) is 0 Å². The number of rotatable bonds is 10. The molecule has 0 N–H and O–H groups in total. The van der Waals surface area contributed by atoms with Gasteiger partial charge in [0.2, 0.25) is 0 Å². The molecule has 0 atom stereocenters. The number of carbonyl (C=O) groups is 4. The molecule has 0 bridgehead atoms. The van der Waals surface area contributed by atoms with Crippen LogP contribution < -0.4 is 18.9 Å². The minimum atomic E-state index is -0.588. The van der Waals surface area contributed by atoms with Crippen LogP contribution in [0.25, 0.3) is 0 Å². The van der Waals surface area contributed by atoms with Crippen LogP contribution in [0, 0.1) is 6.92 Å². The summed E-state index contributed by atoms with van der Waals surface area (Å²) in [5.41, 5.74) is 1.16. The number of hydrogen-bond donors (Lipinski definition) is 0. The van der Waals surface area contributed by atoms with Gasteiger partial charge in [0.15, 0.2) is 0 Å². The second-order valence-corrected chi connectivity index (χ2v) is 8.20. The van der Waals surface area contributed by atoms with E-state index in [2.05, 4.69) is 0 Å². The van der Waals surface area contributed by atoms with Crippen LogP contribution in [0.3, 0.4) is 0 Å². The van der Waals surface area contributed by atoms with Gasteiger partial charge in [-0.1, -0.05) is 13.8 Å². The summed E-state index contributed by atoms with van der Waals surface area (Å²) in [6.07, 6.45) is 2.00. The van der Waals surface area contributed by atoms with Crippen LogP contribution >= 0.6 is 0 Å². The van der Waals surface area contributed by atoms with Crippen molar-refractivity contribution < 1.29 is 38.1 Å². The normalized spacial score (nSPS) is 10.4. The summed E-state index contributed by atoms with van der Waals surface area (Å²) in [6, 6.07) is 16.8. The molecule has 3 aromatic rings. The second-order valence-electron chi connectivity index (χ2n) is 8.20. The number of aryl methyl sites for hydroxylation is 1. The van der Waals surface area contributed by atoms with E-state index in [-0.39, 0.29) is 28.8 Å². The SMILES string of the molecule is CCCC(=O)Oc1ccc(C(=O)Oc2ccc(OC(=O)c3ccc(OC(=O)CCC)cc3)c(C)c2)cc1. The Labute approximate surface area is 215 Å². The Kier molecular flexibility index (Phi) is 9.55. The Hall–Kier alpha value is -4.46. The van der Waals surface area contributed by atoms with Gasteiger partial charge in [-0.05, 0) is 92.1 Å². The molecule has 37 heavy (non-hydrogen) atoms. The first-order chi connectivity index (χ1) is 17.8. The van der Waals surface area contributed by atoms with Gasteiger partial charge < -0.3 is 18.9 Å². The molecular weight excluding hydrogens is 476 g/mol. The number of hydrogen-bond acceptors (Lipinski definition) is 8. The van der Waals surface area contributed by atoms with Crippen molar-refractivity contribution in [2.24, 2.45) is 0 Å². The molecule has 192 valence electrons. The Morgan fingerprint density at radius 1 is 0.568 bits per heavy atom. The predicted molar refractivity (Wildman–Crippen MR) is 135 cm³/mol. The molecule has 8 nitrogen and oxygen atoms in total. The van der Waals surface area contributed by atoms with Crippen molar-refractivity contribution in [3.8, 4) is 23.0 Å². The fourth-order valence-electron chi connectivity index (χ4n) is 3.22. The van der Waals surface area contributed by atoms with E-state index in [1.165, 1.54) is 60.7 Å². The summed E-state index contributed by atoms with van der Waals surface area (Å²) < 4.78 is 21.2. The van der Waals surface area contributed by atoms with Crippen LogP contribution in [0.1, 0.15) is 65.8 Å². The number of ether oxygens (including phenoxy) is 4. The molecule has 3 aromatic carbocycles. The van der Waals surface area contributed by atoms with Gasteiger partial charge in [-0.3, -0.25) is 9.59 Å². The fraction of sp³-hybridized carbons (Fsp3) is 0.241. The highest BCUT2D eigenvalue weighted by atomic mass is 16.5. The molecule has 0 aliphatic carbocycles. The van der Waals surface area contributed by atoms with Gasteiger partial charge in [0.1, 0.15) is 23.0 Å². The topological polar surface area (TPSA) is 105 Å². The van der Waals surface area contributed by atoms with Gasteiger partial charge in [0, 0.05) is 12.8 Å². The zero-order valence-corrected chi connectivity index (χ0v) is 20.9. The molecule has 0 unspecified atom stereocenters. The highest BCUT2D eigenvalue weighted by Gasteiger charge is 2.14. The van der Waals surface area contributed by atoms with Gasteiger partial charge >= 0.3 is 23.9 Å². The fourth-order valence-corrected chi connectivity index (χ4v) is 3.22. The van der Waals surface area contributed by atoms with Crippen LogP contribution in [0.15, 0.2) is 66.7 Å². The maximum Gasteiger partial charge on any atom is 0.343 e. The first kappa shape index (κ1) is 27.1. The van der Waals surface area contributed by atoms with E-state index in [1.54, 1.807) is 13.0 Å². The summed E-state index contributed by atoms with van der Waals surface area (Å²) in [5, 5.41) is 0. The summed E-state index contributed by atoms with van der Waals surface area (Å²) in [4.78, 5) is 48.2. The average Bonchev–Trinajstić information content (AvgIpc) is 2.86. The third kappa shape index (κ3) is 8.03. The average molecular weight is 505 g/mol. The Bertz CT molecular complexity index is 1260. The molecule has 0 aromatic heterocycles. The van der Waals surface area contributed by atoms with E-state index in [4.69, 9.17) is 18.9 Å². The van der Waals surface area contributed by atoms with E-state index in [0.717, 1.165) is 0 Å². The third-order valence-corrected chi connectivity index (χ3v) is 5.11. The van der Waals surface area contributed by atoms with Crippen LogP contribution in [-0.4, -0.2) is 23.9 Å². The molecule has 8 heteroatoms. The first-order valence-corrected chi connectivity index (χ1v) is 12.0. The zero-order chi connectivity index (χ0) is 26.8. The monoisotopic (exact) mass is 504 g/mol. The molecule has 0 amide bonds. The van der Waals surface area contributed by atoms with Crippen molar-refractivity contribution in [1.82, 2.24) is 0 Å². The molecule has 0 aliphatic rings. The zero-order valence-electron chi connectivity index (χ0n) is 20.9. The number of esters is 4. The van der Waals surface area contributed by atoms with Crippen molar-refractivity contribution in [3.63, 3.8) is 0 Å². The van der Waals surface area contributed by atoms with E-state index in [9.17, 15) is 19.2 Å². The van der Waals surface area contributed by atoms with Crippen LogP contribution in [0.4, 0.5) is 0 Å². The highest BCUT2D eigenvalue weighted by Crippen LogP contribution is 2.26. The molecule has 0 radical (unpaired) electrons. The van der Waals surface area contributed by atoms with E-state index >= 15 is 0 Å². The standard InChI is InChI=1S/C29H28O8/c1-4-6-26(30)34-22-12-8-20(9-13-22)28(32)36-24-16-17-25(19(3)18-24)37-29(33)21-10-14-23(15-11-21)35-27(31)7-5-2/h8-18H,4-7H2,1-3H3. The maximum atomic E-state index is 12.5. The largest absolute Gasteiger partial charge is 0.427 e. The molecule has 0 spiro atoms. The van der Waals surface area contributed by atoms with Crippen LogP contribution in [-0.2, 0) is 9.59 Å². The van der Waals surface area contributed by atoms with Crippen molar-refractivity contribution in [2.45, 2.75) is 46.5 Å². The lowest BCUT2D eigenvalue weighted by atomic mass is 10.2. The third-order valence-electron chi connectivity index (χ3n) is 5.11. The lowest BCUT2D eigenvalue weighted by Crippen LogP contribution is -2.11. The van der Waals surface area contributed by atoms with E-state index in [1.807, 2.05) is 13.8 Å². The summed E-state index contributed by atoms with van der Waals surface area (Å²) >= 11 is 0. The Morgan fingerprint density at radius 3 is 1.43 bits per heavy atom. The van der Waals surface area contributed by atoms with Gasteiger partial charge in [-0.2, -0.15) is 0 Å². The van der Waals surface area contributed by atoms with E-state index < -0.39 is 11.9 Å². The molecule has 0 heterocycles. The summed E-state index contributed by atoms with van der Waals surface area (Å²) in [7, 11) is 0.